The fourth-order valence-electron chi connectivity index (χ4n) is 1.43. The van der Waals surface area contributed by atoms with Crippen LogP contribution in [0.2, 0.25) is 0 Å². The van der Waals surface area contributed by atoms with E-state index in [4.69, 9.17) is 4.74 Å². The molecule has 0 unspecified atom stereocenters. The molecule has 0 bridgehead atoms. The molecule has 2 aromatic rings. The van der Waals surface area contributed by atoms with Crippen LogP contribution in [0.5, 0.6) is 0 Å². The summed E-state index contributed by atoms with van der Waals surface area (Å²) in [5, 5.41) is 0. The summed E-state index contributed by atoms with van der Waals surface area (Å²) in [4.78, 5) is 22.4. The number of H-pyrrole nitrogens is 1. The SMILES string of the molecule is COCc1cc(=O)[nH]c(-c2nccn2C)n1. The zero-order chi connectivity index (χ0) is 11.5. The van der Waals surface area contributed by atoms with Crippen LogP contribution in [0.3, 0.4) is 0 Å². The lowest BCUT2D eigenvalue weighted by Gasteiger charge is -2.03. The van der Waals surface area contributed by atoms with Crippen LogP contribution in [-0.4, -0.2) is 26.6 Å². The molecule has 0 aliphatic carbocycles. The number of imidazole rings is 1. The largest absolute Gasteiger partial charge is 0.378 e. The van der Waals surface area contributed by atoms with Gasteiger partial charge in [0.05, 0.1) is 12.3 Å². The van der Waals surface area contributed by atoms with Crippen LogP contribution >= 0.6 is 0 Å². The molecule has 0 aromatic carbocycles. The number of methoxy groups -OCH3 is 1. The lowest BCUT2D eigenvalue weighted by atomic mass is 10.4. The van der Waals surface area contributed by atoms with Crippen molar-refractivity contribution < 1.29 is 4.74 Å². The van der Waals surface area contributed by atoms with Crippen LogP contribution in [0.15, 0.2) is 23.3 Å². The van der Waals surface area contributed by atoms with Crippen molar-refractivity contribution in [3.8, 4) is 11.6 Å². The van der Waals surface area contributed by atoms with E-state index in [1.54, 1.807) is 24.1 Å². The number of nitrogens with zero attached hydrogens (tertiary/aromatic N) is 3. The summed E-state index contributed by atoms with van der Waals surface area (Å²) < 4.78 is 6.73. The summed E-state index contributed by atoms with van der Waals surface area (Å²) >= 11 is 0. The molecule has 0 fully saturated rings. The number of aryl methyl sites for hydroxylation is 1. The van der Waals surface area contributed by atoms with Crippen LogP contribution < -0.4 is 5.56 Å². The van der Waals surface area contributed by atoms with E-state index in [1.165, 1.54) is 6.07 Å². The number of aromatic nitrogens is 4. The summed E-state index contributed by atoms with van der Waals surface area (Å²) in [5.74, 6) is 1.07. The highest BCUT2D eigenvalue weighted by Crippen LogP contribution is 2.09. The molecule has 0 amide bonds. The number of hydrogen-bond donors (Lipinski definition) is 1. The standard InChI is InChI=1S/C10H12N4O2/c1-14-4-3-11-10(14)9-12-7(6-16-2)5-8(15)13-9/h3-5H,6H2,1-2H3,(H,12,13,15). The van der Waals surface area contributed by atoms with Crippen molar-refractivity contribution in [2.75, 3.05) is 7.11 Å². The van der Waals surface area contributed by atoms with Gasteiger partial charge in [0.2, 0.25) is 0 Å². The van der Waals surface area contributed by atoms with Crippen LogP contribution in [0, 0.1) is 0 Å². The van der Waals surface area contributed by atoms with E-state index in [0.29, 0.717) is 23.9 Å². The van der Waals surface area contributed by atoms with Crippen molar-refractivity contribution >= 4 is 0 Å². The van der Waals surface area contributed by atoms with Crippen molar-refractivity contribution in [1.82, 2.24) is 19.5 Å². The number of ether oxygens (including phenoxy) is 1. The highest BCUT2D eigenvalue weighted by Gasteiger charge is 2.07. The molecule has 0 aliphatic rings. The topological polar surface area (TPSA) is 72.8 Å². The second-order valence-electron chi connectivity index (χ2n) is 3.38. The fraction of sp³-hybridized carbons (Fsp3) is 0.300. The van der Waals surface area contributed by atoms with E-state index in [2.05, 4.69) is 15.0 Å². The number of hydrogen-bond acceptors (Lipinski definition) is 4. The molecule has 0 saturated carbocycles. The first-order valence-electron chi connectivity index (χ1n) is 4.77. The molecule has 6 nitrogen and oxygen atoms in total. The Kier molecular flexibility index (Phi) is 2.82. The second-order valence-corrected chi connectivity index (χ2v) is 3.38. The van der Waals surface area contributed by atoms with Gasteiger partial charge in [-0.3, -0.25) is 4.79 Å². The van der Waals surface area contributed by atoms with Crippen LogP contribution in [0.4, 0.5) is 0 Å². The molecule has 2 rings (SSSR count). The Labute approximate surface area is 91.9 Å². The van der Waals surface area contributed by atoms with E-state index in [1.807, 2.05) is 7.05 Å². The van der Waals surface area contributed by atoms with E-state index < -0.39 is 0 Å². The molecule has 0 spiro atoms. The zero-order valence-corrected chi connectivity index (χ0v) is 9.10. The minimum atomic E-state index is -0.208. The Hall–Kier alpha value is -1.95. The van der Waals surface area contributed by atoms with Gasteiger partial charge >= 0.3 is 0 Å². The maximum Gasteiger partial charge on any atom is 0.251 e. The molecule has 0 saturated heterocycles. The second kappa shape index (κ2) is 4.28. The van der Waals surface area contributed by atoms with E-state index in [-0.39, 0.29) is 5.56 Å². The number of aromatic amines is 1. The van der Waals surface area contributed by atoms with Crippen molar-refractivity contribution in [3.63, 3.8) is 0 Å². The summed E-state index contributed by atoms with van der Waals surface area (Å²) in [5.41, 5.74) is 0.379. The smallest absolute Gasteiger partial charge is 0.251 e. The summed E-state index contributed by atoms with van der Waals surface area (Å²) in [6.07, 6.45) is 3.44. The van der Waals surface area contributed by atoms with E-state index in [0.717, 1.165) is 0 Å². The van der Waals surface area contributed by atoms with Gasteiger partial charge in [0.1, 0.15) is 0 Å². The van der Waals surface area contributed by atoms with Crippen LogP contribution in [0.25, 0.3) is 11.6 Å². The minimum Gasteiger partial charge on any atom is -0.378 e. The first-order chi connectivity index (χ1) is 7.70. The third-order valence-electron chi connectivity index (χ3n) is 2.12. The zero-order valence-electron chi connectivity index (χ0n) is 9.10. The summed E-state index contributed by atoms with van der Waals surface area (Å²) in [6.45, 7) is 0.307. The monoisotopic (exact) mass is 220 g/mol. The van der Waals surface area contributed by atoms with Gasteiger partial charge in [0.15, 0.2) is 11.6 Å². The third kappa shape index (κ3) is 2.01. The molecule has 1 N–H and O–H groups in total. The first kappa shape index (κ1) is 10.6. The molecule has 6 heteroatoms. The highest BCUT2D eigenvalue weighted by atomic mass is 16.5. The molecule has 84 valence electrons. The molecule has 2 heterocycles. The Morgan fingerprint density at radius 1 is 1.56 bits per heavy atom. The minimum absolute atomic E-state index is 0.208. The lowest BCUT2D eigenvalue weighted by molar-refractivity contribution is 0.181. The third-order valence-corrected chi connectivity index (χ3v) is 2.12. The maximum absolute atomic E-state index is 11.4. The number of rotatable bonds is 3. The molecule has 0 aliphatic heterocycles. The normalized spacial score (nSPS) is 10.6. The van der Waals surface area contributed by atoms with Gasteiger partial charge in [-0.2, -0.15) is 0 Å². The molecule has 2 aromatic heterocycles. The van der Waals surface area contributed by atoms with Gasteiger partial charge in [-0.1, -0.05) is 0 Å². The van der Waals surface area contributed by atoms with Gasteiger partial charge < -0.3 is 14.3 Å². The predicted octanol–water partition coefficient (Wildman–Crippen LogP) is 0.317. The summed E-state index contributed by atoms with van der Waals surface area (Å²) in [7, 11) is 3.40. The summed E-state index contributed by atoms with van der Waals surface area (Å²) in [6, 6.07) is 1.41. The molecule has 16 heavy (non-hydrogen) atoms. The van der Waals surface area contributed by atoms with Crippen LogP contribution in [-0.2, 0) is 18.4 Å². The molecular formula is C10H12N4O2. The van der Waals surface area contributed by atoms with Crippen molar-refractivity contribution in [1.29, 1.82) is 0 Å². The lowest BCUT2D eigenvalue weighted by Crippen LogP contribution is -2.12. The van der Waals surface area contributed by atoms with Gasteiger partial charge in [-0.25, -0.2) is 9.97 Å². The molecular weight excluding hydrogens is 208 g/mol. The first-order valence-corrected chi connectivity index (χ1v) is 4.77. The quantitative estimate of drug-likeness (QED) is 0.808. The van der Waals surface area contributed by atoms with Crippen LogP contribution in [0.1, 0.15) is 5.69 Å². The average Bonchev–Trinajstić information content (AvgIpc) is 2.64. The fourth-order valence-corrected chi connectivity index (χ4v) is 1.43. The predicted molar refractivity (Wildman–Crippen MR) is 57.8 cm³/mol. The van der Waals surface area contributed by atoms with E-state index >= 15 is 0 Å². The van der Waals surface area contributed by atoms with Gasteiger partial charge in [-0.15, -0.1) is 0 Å². The number of nitrogens with one attached hydrogen (secondary N) is 1. The van der Waals surface area contributed by atoms with Crippen molar-refractivity contribution in [3.05, 3.63) is 34.5 Å². The van der Waals surface area contributed by atoms with Gasteiger partial charge in [0.25, 0.3) is 5.56 Å². The Morgan fingerprint density at radius 3 is 3.00 bits per heavy atom. The Bertz CT molecular complexity index is 544. The molecule has 0 radical (unpaired) electrons. The molecule has 0 atom stereocenters. The maximum atomic E-state index is 11.4. The Balaban J connectivity index is 2.49. The Morgan fingerprint density at radius 2 is 2.38 bits per heavy atom. The van der Waals surface area contributed by atoms with E-state index in [9.17, 15) is 4.79 Å². The van der Waals surface area contributed by atoms with Gasteiger partial charge in [-0.05, 0) is 0 Å². The van der Waals surface area contributed by atoms with Crippen molar-refractivity contribution in [2.45, 2.75) is 6.61 Å². The van der Waals surface area contributed by atoms with Crippen molar-refractivity contribution in [2.24, 2.45) is 7.05 Å². The highest BCUT2D eigenvalue weighted by molar-refractivity contribution is 5.43. The average molecular weight is 220 g/mol. The van der Waals surface area contributed by atoms with Gasteiger partial charge in [0, 0.05) is 32.6 Å².